The molecule has 1 fully saturated rings. The molecule has 1 aromatic heterocycles. The normalized spacial score (nSPS) is 15.0. The van der Waals surface area contributed by atoms with Gasteiger partial charge in [0.15, 0.2) is 0 Å². The van der Waals surface area contributed by atoms with E-state index in [9.17, 15) is 15.0 Å². The van der Waals surface area contributed by atoms with Crippen LogP contribution < -0.4 is 0 Å². The van der Waals surface area contributed by atoms with Crippen molar-refractivity contribution in [2.24, 2.45) is 0 Å². The molecule has 1 heterocycles. The summed E-state index contributed by atoms with van der Waals surface area (Å²) >= 11 is 1.63. The van der Waals surface area contributed by atoms with Gasteiger partial charge < -0.3 is 10.2 Å². The summed E-state index contributed by atoms with van der Waals surface area (Å²) in [7, 11) is 0. The molecule has 178 valence electrons. The number of rotatable bonds is 10. The summed E-state index contributed by atoms with van der Waals surface area (Å²) in [6, 6.07) is 27.3. The van der Waals surface area contributed by atoms with Gasteiger partial charge in [0.1, 0.15) is 0 Å². The van der Waals surface area contributed by atoms with Gasteiger partial charge in [0.05, 0.1) is 12.5 Å². The Labute approximate surface area is 210 Å². The summed E-state index contributed by atoms with van der Waals surface area (Å²) < 4.78 is 0. The number of carboxylic acids is 1. The number of aryl methyl sites for hydroxylation is 1. The number of hydrogen-bond acceptors (Lipinski definition) is 3. The molecule has 1 atom stereocenters. The van der Waals surface area contributed by atoms with Gasteiger partial charge in [-0.1, -0.05) is 78.9 Å². The molecular weight excluding hydrogens is 452 g/mol. The van der Waals surface area contributed by atoms with Crippen LogP contribution in [0, 0.1) is 0 Å². The van der Waals surface area contributed by atoms with Crippen LogP contribution in [-0.4, -0.2) is 16.2 Å². The first-order chi connectivity index (χ1) is 17.0. The topological polar surface area (TPSA) is 57.5 Å². The fourth-order valence-electron chi connectivity index (χ4n) is 4.97. The van der Waals surface area contributed by atoms with E-state index in [-0.39, 0.29) is 11.8 Å². The molecule has 1 saturated carbocycles. The van der Waals surface area contributed by atoms with Crippen LogP contribution in [0.3, 0.4) is 0 Å². The molecule has 0 aliphatic heterocycles. The molecular formula is C31H30O3S. The van der Waals surface area contributed by atoms with E-state index in [0.29, 0.717) is 0 Å². The van der Waals surface area contributed by atoms with Gasteiger partial charge in [-0.05, 0) is 81.8 Å². The highest BCUT2D eigenvalue weighted by atomic mass is 32.1. The highest BCUT2D eigenvalue weighted by molar-refractivity contribution is 7.08. The van der Waals surface area contributed by atoms with E-state index in [1.165, 1.54) is 5.56 Å². The Morgan fingerprint density at radius 1 is 0.857 bits per heavy atom. The van der Waals surface area contributed by atoms with Crippen LogP contribution in [0.5, 0.6) is 0 Å². The minimum Gasteiger partial charge on any atom is -0.481 e. The van der Waals surface area contributed by atoms with Crippen molar-refractivity contribution in [1.29, 1.82) is 0 Å². The third-order valence-electron chi connectivity index (χ3n) is 7.21. The second kappa shape index (κ2) is 10.2. The number of aliphatic carboxylic acids is 1. The maximum absolute atomic E-state index is 11.2. The van der Waals surface area contributed by atoms with Crippen LogP contribution in [0.4, 0.5) is 0 Å². The fourth-order valence-corrected chi connectivity index (χ4v) is 5.87. The van der Waals surface area contributed by atoms with Gasteiger partial charge in [-0.2, -0.15) is 11.3 Å². The first-order valence-corrected chi connectivity index (χ1v) is 13.2. The lowest BCUT2D eigenvalue weighted by molar-refractivity contribution is -0.137. The maximum Gasteiger partial charge on any atom is 0.304 e. The van der Waals surface area contributed by atoms with E-state index in [0.717, 1.165) is 65.5 Å². The van der Waals surface area contributed by atoms with Gasteiger partial charge in [0.2, 0.25) is 0 Å². The Morgan fingerprint density at radius 3 is 2.11 bits per heavy atom. The molecule has 5 rings (SSSR count). The molecule has 35 heavy (non-hydrogen) atoms. The lowest BCUT2D eigenvalue weighted by atomic mass is 9.90. The minimum absolute atomic E-state index is 0.161. The lowest BCUT2D eigenvalue weighted by Gasteiger charge is -2.14. The number of aliphatic hydroxyl groups is 1. The molecule has 4 aromatic rings. The zero-order chi connectivity index (χ0) is 24.3. The minimum atomic E-state index is -0.726. The molecule has 4 heteroatoms. The number of benzene rings is 3. The predicted octanol–water partition coefficient (Wildman–Crippen LogP) is 7.64. The Kier molecular flexibility index (Phi) is 6.85. The summed E-state index contributed by atoms with van der Waals surface area (Å²) in [5.41, 5.74) is 7.75. The van der Waals surface area contributed by atoms with Crippen molar-refractivity contribution >= 4 is 17.3 Å². The quantitative estimate of drug-likeness (QED) is 0.244. The average Bonchev–Trinajstić information content (AvgIpc) is 3.48. The molecule has 0 bridgehead atoms. The van der Waals surface area contributed by atoms with Gasteiger partial charge in [0, 0.05) is 5.41 Å². The molecule has 0 radical (unpaired) electrons. The molecule has 0 spiro atoms. The van der Waals surface area contributed by atoms with Crippen molar-refractivity contribution in [3.63, 3.8) is 0 Å². The summed E-state index contributed by atoms with van der Waals surface area (Å²) in [4.78, 5) is 11.2. The Balaban J connectivity index is 1.25. The van der Waals surface area contributed by atoms with E-state index in [4.69, 9.17) is 0 Å². The SMILES string of the molecule is O=C(O)CC1(c2ccc(-c3ccc(-c4cscc4C(O)CCCc4ccccc4)cc3)cc2)CC1. The average molecular weight is 483 g/mol. The van der Waals surface area contributed by atoms with Crippen molar-refractivity contribution in [2.75, 3.05) is 0 Å². The summed E-state index contributed by atoms with van der Waals surface area (Å²) in [5, 5.41) is 24.3. The van der Waals surface area contributed by atoms with Crippen LogP contribution in [0.15, 0.2) is 89.6 Å². The van der Waals surface area contributed by atoms with Crippen LogP contribution in [0.25, 0.3) is 22.3 Å². The van der Waals surface area contributed by atoms with Crippen LogP contribution >= 0.6 is 11.3 Å². The molecule has 0 saturated heterocycles. The summed E-state index contributed by atoms with van der Waals surface area (Å²) in [6.45, 7) is 0. The van der Waals surface area contributed by atoms with Gasteiger partial charge in [-0.15, -0.1) is 0 Å². The number of thiophene rings is 1. The molecule has 1 aliphatic rings. The second-order valence-corrected chi connectivity index (χ2v) is 10.4. The van der Waals surface area contributed by atoms with Crippen LogP contribution in [-0.2, 0) is 16.6 Å². The second-order valence-electron chi connectivity index (χ2n) is 9.64. The molecule has 0 amide bonds. The zero-order valence-corrected chi connectivity index (χ0v) is 20.5. The number of carboxylic acid groups (broad SMARTS) is 1. The number of carbonyl (C=O) groups is 1. The molecule has 1 aliphatic carbocycles. The Bertz CT molecular complexity index is 1270. The van der Waals surface area contributed by atoms with E-state index < -0.39 is 12.1 Å². The van der Waals surface area contributed by atoms with Crippen LogP contribution in [0.2, 0.25) is 0 Å². The van der Waals surface area contributed by atoms with E-state index in [2.05, 4.69) is 83.6 Å². The van der Waals surface area contributed by atoms with Crippen molar-refractivity contribution in [3.05, 3.63) is 106 Å². The zero-order valence-electron chi connectivity index (χ0n) is 19.7. The summed E-state index contributed by atoms with van der Waals surface area (Å²) in [5.74, 6) is -0.726. The monoisotopic (exact) mass is 482 g/mol. The van der Waals surface area contributed by atoms with Gasteiger partial charge >= 0.3 is 5.97 Å². The summed E-state index contributed by atoms with van der Waals surface area (Å²) in [6.07, 6.45) is 4.32. The molecule has 2 N–H and O–H groups in total. The van der Waals surface area contributed by atoms with Crippen molar-refractivity contribution in [1.82, 2.24) is 0 Å². The van der Waals surface area contributed by atoms with Gasteiger partial charge in [0.25, 0.3) is 0 Å². The van der Waals surface area contributed by atoms with Crippen molar-refractivity contribution < 1.29 is 15.0 Å². The predicted molar refractivity (Wildman–Crippen MR) is 143 cm³/mol. The van der Waals surface area contributed by atoms with Crippen molar-refractivity contribution in [3.8, 4) is 22.3 Å². The van der Waals surface area contributed by atoms with E-state index in [1.807, 2.05) is 6.07 Å². The van der Waals surface area contributed by atoms with E-state index in [1.54, 1.807) is 11.3 Å². The third-order valence-corrected chi connectivity index (χ3v) is 7.97. The first kappa shape index (κ1) is 23.5. The smallest absolute Gasteiger partial charge is 0.304 e. The van der Waals surface area contributed by atoms with Gasteiger partial charge in [-0.25, -0.2) is 0 Å². The molecule has 3 aromatic carbocycles. The largest absolute Gasteiger partial charge is 0.481 e. The van der Waals surface area contributed by atoms with Gasteiger partial charge in [-0.3, -0.25) is 4.79 Å². The lowest BCUT2D eigenvalue weighted by Crippen LogP contribution is -2.12. The Morgan fingerprint density at radius 2 is 1.49 bits per heavy atom. The standard InChI is InChI=1S/C31H30O3S/c32-29(8-4-7-22-5-2-1-3-6-22)28-21-35-20-27(28)25-11-9-23(10-12-25)24-13-15-26(16-14-24)31(17-18-31)19-30(33)34/h1-3,5-6,9-16,20-21,29,32H,4,7-8,17-19H2,(H,33,34). The van der Waals surface area contributed by atoms with E-state index >= 15 is 0 Å². The highest BCUT2D eigenvalue weighted by Crippen LogP contribution is 2.51. The Hall–Kier alpha value is -3.21. The van der Waals surface area contributed by atoms with Crippen molar-refractivity contribution in [2.45, 2.75) is 50.0 Å². The molecule has 1 unspecified atom stereocenters. The fraction of sp³-hybridized carbons (Fsp3) is 0.258. The number of hydrogen-bond donors (Lipinski definition) is 2. The number of aliphatic hydroxyl groups excluding tert-OH is 1. The molecule has 3 nitrogen and oxygen atoms in total. The first-order valence-electron chi connectivity index (χ1n) is 12.3. The maximum atomic E-state index is 11.2. The third kappa shape index (κ3) is 5.39. The van der Waals surface area contributed by atoms with Crippen LogP contribution in [0.1, 0.15) is 54.9 Å². The highest BCUT2D eigenvalue weighted by Gasteiger charge is 2.45.